The monoisotopic (exact) mass is 449 g/mol. The van der Waals surface area contributed by atoms with Crippen LogP contribution in [0.4, 0.5) is 0 Å². The Hall–Kier alpha value is -2.70. The SMILES string of the molecule is Cc1ccc(-c2noc(COC(=O)[C@H]3CCCN3C(=O)C34CC5CC(CC(C5)C3)C4)n2)cc1. The van der Waals surface area contributed by atoms with Crippen LogP contribution in [-0.4, -0.2) is 39.5 Å². The normalized spacial score (nSPS) is 32.3. The number of aryl methyl sites for hydroxylation is 1. The van der Waals surface area contributed by atoms with Crippen molar-refractivity contribution >= 4 is 11.9 Å². The van der Waals surface area contributed by atoms with Gasteiger partial charge in [0, 0.05) is 12.1 Å². The average molecular weight is 450 g/mol. The van der Waals surface area contributed by atoms with Crippen LogP contribution in [0.25, 0.3) is 11.4 Å². The summed E-state index contributed by atoms with van der Waals surface area (Å²) in [5, 5.41) is 4.00. The van der Waals surface area contributed by atoms with Gasteiger partial charge < -0.3 is 14.2 Å². The van der Waals surface area contributed by atoms with Gasteiger partial charge >= 0.3 is 5.97 Å². The molecule has 4 saturated carbocycles. The molecule has 1 aliphatic heterocycles. The van der Waals surface area contributed by atoms with Crippen LogP contribution >= 0.6 is 0 Å². The smallest absolute Gasteiger partial charge is 0.329 e. The Labute approximate surface area is 193 Å². The van der Waals surface area contributed by atoms with Crippen LogP contribution in [-0.2, 0) is 20.9 Å². The molecule has 1 aromatic heterocycles. The molecule has 1 atom stereocenters. The van der Waals surface area contributed by atoms with E-state index in [0.29, 0.717) is 36.5 Å². The summed E-state index contributed by atoms with van der Waals surface area (Å²) in [6, 6.07) is 7.34. The molecule has 7 rings (SSSR count). The summed E-state index contributed by atoms with van der Waals surface area (Å²) in [5.41, 5.74) is 1.78. The van der Waals surface area contributed by atoms with E-state index >= 15 is 0 Å². The number of nitrogens with zero attached hydrogens (tertiary/aromatic N) is 3. The standard InChI is InChI=1S/C26H31N3O4/c1-16-4-6-20(7-5-16)23-27-22(33-28-23)15-32-24(30)21-3-2-8-29(21)25(31)26-12-17-9-18(13-26)11-19(10-17)14-26/h4-7,17-19,21H,2-3,8-15H2,1H3/t17?,18?,19?,21-,26?/m1/s1. The van der Waals surface area contributed by atoms with Gasteiger partial charge in [-0.1, -0.05) is 35.0 Å². The molecule has 1 amide bonds. The molecule has 7 nitrogen and oxygen atoms in total. The van der Waals surface area contributed by atoms with Crippen molar-refractivity contribution in [2.45, 2.75) is 70.9 Å². The van der Waals surface area contributed by atoms with Gasteiger partial charge in [0.15, 0.2) is 6.61 Å². The third kappa shape index (κ3) is 3.75. The first-order valence-electron chi connectivity index (χ1n) is 12.4. The molecule has 1 saturated heterocycles. The number of amides is 1. The van der Waals surface area contributed by atoms with Crippen molar-refractivity contribution in [2.75, 3.05) is 6.54 Å². The highest BCUT2D eigenvalue weighted by Gasteiger charge is 2.57. The number of carbonyl (C=O) groups excluding carboxylic acids is 2. The zero-order chi connectivity index (χ0) is 22.6. The van der Waals surface area contributed by atoms with Crippen LogP contribution in [0.1, 0.15) is 62.8 Å². The lowest BCUT2D eigenvalue weighted by Crippen LogP contribution is -2.56. The summed E-state index contributed by atoms with van der Waals surface area (Å²) in [4.78, 5) is 32.9. The van der Waals surface area contributed by atoms with Gasteiger partial charge in [-0.05, 0) is 76.0 Å². The van der Waals surface area contributed by atoms with Crippen LogP contribution in [0.5, 0.6) is 0 Å². The molecular formula is C26H31N3O4. The number of aromatic nitrogens is 2. The number of carbonyl (C=O) groups is 2. The molecule has 4 aliphatic carbocycles. The Morgan fingerprint density at radius 3 is 2.42 bits per heavy atom. The first-order chi connectivity index (χ1) is 16.0. The van der Waals surface area contributed by atoms with E-state index in [1.165, 1.54) is 19.3 Å². The molecule has 0 spiro atoms. The number of hydrogen-bond donors (Lipinski definition) is 0. The molecular weight excluding hydrogens is 418 g/mol. The van der Waals surface area contributed by atoms with Gasteiger partial charge in [-0.25, -0.2) is 4.79 Å². The highest BCUT2D eigenvalue weighted by molar-refractivity contribution is 5.89. The van der Waals surface area contributed by atoms with Gasteiger partial charge in [0.05, 0.1) is 5.41 Å². The first-order valence-corrected chi connectivity index (χ1v) is 12.4. The summed E-state index contributed by atoms with van der Waals surface area (Å²) >= 11 is 0. The zero-order valence-electron chi connectivity index (χ0n) is 19.2. The van der Waals surface area contributed by atoms with Gasteiger partial charge in [-0.3, -0.25) is 4.79 Å². The average Bonchev–Trinajstić information content (AvgIpc) is 3.47. The van der Waals surface area contributed by atoms with Gasteiger partial charge in [-0.2, -0.15) is 4.98 Å². The van der Waals surface area contributed by atoms with Gasteiger partial charge in [0.25, 0.3) is 5.89 Å². The fourth-order valence-corrected chi connectivity index (χ4v) is 7.29. The second-order valence-electron chi connectivity index (χ2n) is 10.8. The number of hydrogen-bond acceptors (Lipinski definition) is 6. The van der Waals surface area contributed by atoms with E-state index in [4.69, 9.17) is 9.26 Å². The van der Waals surface area contributed by atoms with Gasteiger partial charge in [-0.15, -0.1) is 0 Å². The highest BCUT2D eigenvalue weighted by atomic mass is 16.6. The number of ether oxygens (including phenoxy) is 1. The summed E-state index contributed by atoms with van der Waals surface area (Å²) in [6.45, 7) is 2.59. The van der Waals surface area contributed by atoms with E-state index in [2.05, 4.69) is 10.1 Å². The van der Waals surface area contributed by atoms with Crippen LogP contribution in [0, 0.1) is 30.1 Å². The summed E-state index contributed by atoms with van der Waals surface area (Å²) in [5.74, 6) is 2.69. The fraction of sp³-hybridized carbons (Fsp3) is 0.615. The van der Waals surface area contributed by atoms with E-state index < -0.39 is 6.04 Å². The van der Waals surface area contributed by atoms with Gasteiger partial charge in [0.2, 0.25) is 11.7 Å². The van der Waals surface area contributed by atoms with E-state index in [1.54, 1.807) is 0 Å². The van der Waals surface area contributed by atoms with E-state index in [9.17, 15) is 9.59 Å². The van der Waals surface area contributed by atoms with Crippen molar-refractivity contribution in [3.8, 4) is 11.4 Å². The predicted molar refractivity (Wildman–Crippen MR) is 120 cm³/mol. The minimum Gasteiger partial charge on any atom is -0.454 e. The molecule has 0 unspecified atom stereocenters. The van der Waals surface area contributed by atoms with Crippen molar-refractivity contribution in [1.29, 1.82) is 0 Å². The Morgan fingerprint density at radius 1 is 1.09 bits per heavy atom. The van der Waals surface area contributed by atoms with E-state index in [1.807, 2.05) is 36.1 Å². The molecule has 2 heterocycles. The second-order valence-corrected chi connectivity index (χ2v) is 10.8. The molecule has 1 aromatic carbocycles. The summed E-state index contributed by atoms with van der Waals surface area (Å²) in [7, 11) is 0. The molecule has 174 valence electrons. The van der Waals surface area contributed by atoms with Crippen molar-refractivity contribution < 1.29 is 18.8 Å². The maximum Gasteiger partial charge on any atom is 0.329 e. The maximum atomic E-state index is 13.7. The fourth-order valence-electron chi connectivity index (χ4n) is 7.29. The lowest BCUT2D eigenvalue weighted by Gasteiger charge is -2.56. The number of esters is 1. The third-order valence-electron chi connectivity index (χ3n) is 8.39. The van der Waals surface area contributed by atoms with Crippen LogP contribution in [0.3, 0.4) is 0 Å². The minimum atomic E-state index is -0.495. The number of rotatable bonds is 5. The molecule has 0 N–H and O–H groups in total. The Bertz CT molecular complexity index is 1020. The number of benzene rings is 1. The highest BCUT2D eigenvalue weighted by Crippen LogP contribution is 2.60. The third-order valence-corrected chi connectivity index (χ3v) is 8.39. The molecule has 0 radical (unpaired) electrons. The summed E-state index contributed by atoms with van der Waals surface area (Å²) < 4.78 is 10.8. The molecule has 2 aromatic rings. The van der Waals surface area contributed by atoms with Crippen LogP contribution < -0.4 is 0 Å². The van der Waals surface area contributed by atoms with Crippen LogP contribution in [0.2, 0.25) is 0 Å². The van der Waals surface area contributed by atoms with Crippen molar-refractivity contribution in [3.63, 3.8) is 0 Å². The zero-order valence-corrected chi connectivity index (χ0v) is 19.2. The van der Waals surface area contributed by atoms with E-state index in [-0.39, 0.29) is 29.8 Å². The van der Waals surface area contributed by atoms with Gasteiger partial charge in [0.1, 0.15) is 6.04 Å². The Morgan fingerprint density at radius 2 is 1.76 bits per heavy atom. The van der Waals surface area contributed by atoms with Crippen molar-refractivity contribution in [3.05, 3.63) is 35.7 Å². The minimum absolute atomic E-state index is 0.0758. The largest absolute Gasteiger partial charge is 0.454 e. The predicted octanol–water partition coefficient (Wildman–Crippen LogP) is 4.30. The lowest BCUT2D eigenvalue weighted by molar-refractivity contribution is -0.166. The summed E-state index contributed by atoms with van der Waals surface area (Å²) in [6.07, 6.45) is 8.44. The molecule has 7 heteroatoms. The maximum absolute atomic E-state index is 13.7. The van der Waals surface area contributed by atoms with Crippen molar-refractivity contribution in [2.24, 2.45) is 23.2 Å². The molecule has 5 fully saturated rings. The molecule has 33 heavy (non-hydrogen) atoms. The Kier molecular flexibility index (Phi) is 5.03. The topological polar surface area (TPSA) is 85.5 Å². The Balaban J connectivity index is 1.10. The van der Waals surface area contributed by atoms with E-state index in [0.717, 1.165) is 36.8 Å². The first kappa shape index (κ1) is 20.9. The molecule has 4 bridgehead atoms. The van der Waals surface area contributed by atoms with Crippen LogP contribution in [0.15, 0.2) is 28.8 Å². The lowest BCUT2D eigenvalue weighted by atomic mass is 9.49. The second kappa shape index (κ2) is 7.96. The van der Waals surface area contributed by atoms with Crippen molar-refractivity contribution in [1.82, 2.24) is 15.0 Å². The number of likely N-dealkylation sites (tertiary alicyclic amines) is 1. The molecule has 5 aliphatic rings. The quantitative estimate of drug-likeness (QED) is 0.633.